The van der Waals surface area contributed by atoms with Crippen molar-refractivity contribution in [2.75, 3.05) is 17.2 Å². The lowest BCUT2D eigenvalue weighted by Gasteiger charge is -2.15. The number of ether oxygens (including phenoxy) is 1. The van der Waals surface area contributed by atoms with Gasteiger partial charge in [-0.1, -0.05) is 72.3 Å². The summed E-state index contributed by atoms with van der Waals surface area (Å²) in [5.74, 6) is 0.625. The van der Waals surface area contributed by atoms with E-state index in [4.69, 9.17) is 4.74 Å². The molecule has 0 aromatic heterocycles. The summed E-state index contributed by atoms with van der Waals surface area (Å²) < 4.78 is 5.54. The molecule has 4 aromatic carbocycles. The Bertz CT molecular complexity index is 1260. The maximum Gasteiger partial charge on any atom is 0.256 e. The van der Waals surface area contributed by atoms with Crippen LogP contribution in [0.1, 0.15) is 23.6 Å². The molecule has 170 valence electrons. The van der Waals surface area contributed by atoms with Gasteiger partial charge >= 0.3 is 0 Å². The summed E-state index contributed by atoms with van der Waals surface area (Å²) in [6.45, 7) is 4.62. The third-order valence-electron chi connectivity index (χ3n) is 5.34. The van der Waals surface area contributed by atoms with Crippen molar-refractivity contribution in [2.24, 2.45) is 0 Å². The van der Waals surface area contributed by atoms with E-state index in [1.54, 1.807) is 0 Å². The summed E-state index contributed by atoms with van der Waals surface area (Å²) in [5.41, 5.74) is 6.03. The molecule has 0 unspecified atom stereocenters. The van der Waals surface area contributed by atoms with Gasteiger partial charge in [0, 0.05) is 11.3 Å². The molecule has 0 fully saturated rings. The minimum Gasteiger partial charge on any atom is -0.494 e. The summed E-state index contributed by atoms with van der Waals surface area (Å²) in [5, 5.41) is 6.50. The number of para-hydroxylation sites is 2. The van der Waals surface area contributed by atoms with Gasteiger partial charge in [-0.3, -0.25) is 4.79 Å². The molecule has 0 saturated heterocycles. The van der Waals surface area contributed by atoms with Crippen molar-refractivity contribution in [3.05, 3.63) is 120 Å². The Morgan fingerprint density at radius 2 is 1.44 bits per heavy atom. The van der Waals surface area contributed by atoms with E-state index in [-0.39, 0.29) is 5.91 Å². The fraction of sp³-hybridized carbons (Fsp3) is 0.100. The van der Waals surface area contributed by atoms with Crippen LogP contribution >= 0.6 is 0 Å². The predicted octanol–water partition coefficient (Wildman–Crippen LogP) is 7.32. The topological polar surface area (TPSA) is 50.4 Å². The van der Waals surface area contributed by atoms with Gasteiger partial charge in [0.1, 0.15) is 5.75 Å². The Morgan fingerprint density at radius 1 is 0.794 bits per heavy atom. The van der Waals surface area contributed by atoms with Crippen LogP contribution in [0.3, 0.4) is 0 Å². The van der Waals surface area contributed by atoms with E-state index >= 15 is 0 Å². The highest BCUT2D eigenvalue weighted by atomic mass is 16.5. The minimum atomic E-state index is -0.182. The molecule has 4 heteroatoms. The number of carbonyl (C=O) groups is 1. The van der Waals surface area contributed by atoms with Crippen molar-refractivity contribution in [1.82, 2.24) is 0 Å². The number of nitrogens with one attached hydrogen (secondary N) is 2. The SMILES string of the molecule is CCOc1ccc(/C=C(/C(=O)Nc2ccccc2Nc2ccc(C)cc2)c2ccccc2)cc1. The van der Waals surface area contributed by atoms with Crippen LogP contribution in [-0.2, 0) is 4.79 Å². The largest absolute Gasteiger partial charge is 0.494 e. The van der Waals surface area contributed by atoms with Crippen LogP contribution in [0.4, 0.5) is 17.1 Å². The second-order valence-electron chi connectivity index (χ2n) is 7.92. The van der Waals surface area contributed by atoms with Gasteiger partial charge < -0.3 is 15.4 Å². The van der Waals surface area contributed by atoms with Gasteiger partial charge in [0.25, 0.3) is 5.91 Å². The summed E-state index contributed by atoms with van der Waals surface area (Å²) in [4.78, 5) is 13.5. The smallest absolute Gasteiger partial charge is 0.256 e. The van der Waals surface area contributed by atoms with E-state index in [1.165, 1.54) is 5.56 Å². The van der Waals surface area contributed by atoms with Gasteiger partial charge in [0.15, 0.2) is 0 Å². The number of benzene rings is 4. The molecule has 0 heterocycles. The van der Waals surface area contributed by atoms with E-state index in [1.807, 2.05) is 104 Å². The average molecular weight is 449 g/mol. The molecule has 34 heavy (non-hydrogen) atoms. The zero-order valence-electron chi connectivity index (χ0n) is 19.4. The molecule has 0 saturated carbocycles. The molecule has 0 aliphatic rings. The summed E-state index contributed by atoms with van der Waals surface area (Å²) >= 11 is 0. The van der Waals surface area contributed by atoms with E-state index in [2.05, 4.69) is 29.7 Å². The lowest BCUT2D eigenvalue weighted by molar-refractivity contribution is -0.111. The van der Waals surface area contributed by atoms with Gasteiger partial charge in [0.2, 0.25) is 0 Å². The van der Waals surface area contributed by atoms with Crippen LogP contribution in [0.5, 0.6) is 5.75 Å². The van der Waals surface area contributed by atoms with Crippen LogP contribution < -0.4 is 15.4 Å². The first kappa shape index (κ1) is 22.9. The molecule has 0 spiro atoms. The fourth-order valence-corrected chi connectivity index (χ4v) is 3.57. The Balaban J connectivity index is 1.62. The third-order valence-corrected chi connectivity index (χ3v) is 5.34. The van der Waals surface area contributed by atoms with Gasteiger partial charge in [0.05, 0.1) is 18.0 Å². The number of hydrogen-bond donors (Lipinski definition) is 2. The highest BCUT2D eigenvalue weighted by molar-refractivity contribution is 6.29. The standard InChI is InChI=1S/C30H28N2O2/c1-3-34-26-19-15-23(16-20-26)21-27(24-9-5-4-6-10-24)30(33)32-29-12-8-7-11-28(29)31-25-17-13-22(2)14-18-25/h4-21,31H,3H2,1-2H3,(H,32,33)/b27-21+. The van der Waals surface area contributed by atoms with Gasteiger partial charge in [-0.15, -0.1) is 0 Å². The quantitative estimate of drug-likeness (QED) is 0.219. The number of carbonyl (C=O) groups excluding carboxylic acids is 1. The normalized spacial score (nSPS) is 11.1. The molecule has 0 atom stereocenters. The van der Waals surface area contributed by atoms with E-state index in [9.17, 15) is 4.79 Å². The highest BCUT2D eigenvalue weighted by Crippen LogP contribution is 2.28. The maximum atomic E-state index is 13.5. The van der Waals surface area contributed by atoms with Crippen molar-refractivity contribution in [3.8, 4) is 5.75 Å². The molecule has 4 rings (SSSR count). The number of aryl methyl sites for hydroxylation is 1. The third kappa shape index (κ3) is 5.93. The molecule has 0 aliphatic heterocycles. The Morgan fingerprint density at radius 3 is 2.12 bits per heavy atom. The second kappa shape index (κ2) is 11.0. The molecule has 1 amide bonds. The number of rotatable bonds is 8. The zero-order valence-corrected chi connectivity index (χ0v) is 19.4. The van der Waals surface area contributed by atoms with Gasteiger partial charge in [-0.2, -0.15) is 0 Å². The Kier molecular flexibility index (Phi) is 7.41. The summed E-state index contributed by atoms with van der Waals surface area (Å²) in [7, 11) is 0. The van der Waals surface area contributed by atoms with Crippen LogP contribution in [-0.4, -0.2) is 12.5 Å². The van der Waals surface area contributed by atoms with Crippen molar-refractivity contribution < 1.29 is 9.53 Å². The van der Waals surface area contributed by atoms with Crippen LogP contribution in [0.2, 0.25) is 0 Å². The van der Waals surface area contributed by atoms with E-state index < -0.39 is 0 Å². The lowest BCUT2D eigenvalue weighted by atomic mass is 10.0. The van der Waals surface area contributed by atoms with Crippen molar-refractivity contribution in [3.63, 3.8) is 0 Å². The molecular weight excluding hydrogens is 420 g/mol. The van der Waals surface area contributed by atoms with E-state index in [0.717, 1.165) is 28.3 Å². The molecule has 0 aliphatic carbocycles. The lowest BCUT2D eigenvalue weighted by Crippen LogP contribution is -2.14. The minimum absolute atomic E-state index is 0.182. The van der Waals surface area contributed by atoms with Gasteiger partial charge in [-0.05, 0) is 67.4 Å². The first-order valence-electron chi connectivity index (χ1n) is 11.4. The fourth-order valence-electron chi connectivity index (χ4n) is 3.57. The highest BCUT2D eigenvalue weighted by Gasteiger charge is 2.14. The zero-order chi connectivity index (χ0) is 23.8. The maximum absolute atomic E-state index is 13.5. The van der Waals surface area contributed by atoms with Crippen LogP contribution in [0.25, 0.3) is 11.6 Å². The molecule has 0 radical (unpaired) electrons. The predicted molar refractivity (Wildman–Crippen MR) is 141 cm³/mol. The Hall–Kier alpha value is -4.31. The summed E-state index contributed by atoms with van der Waals surface area (Å²) in [6, 6.07) is 33.3. The van der Waals surface area contributed by atoms with Crippen LogP contribution in [0.15, 0.2) is 103 Å². The van der Waals surface area contributed by atoms with Crippen molar-refractivity contribution in [1.29, 1.82) is 0 Å². The molecule has 4 nitrogen and oxygen atoms in total. The Labute approximate surface area is 200 Å². The van der Waals surface area contributed by atoms with Crippen LogP contribution in [0, 0.1) is 6.92 Å². The number of anilines is 3. The van der Waals surface area contributed by atoms with Crippen molar-refractivity contribution in [2.45, 2.75) is 13.8 Å². The monoisotopic (exact) mass is 448 g/mol. The molecular formula is C30H28N2O2. The summed E-state index contributed by atoms with van der Waals surface area (Å²) in [6.07, 6.45) is 1.90. The second-order valence-corrected chi connectivity index (χ2v) is 7.92. The van der Waals surface area contributed by atoms with E-state index in [0.29, 0.717) is 17.9 Å². The average Bonchev–Trinajstić information content (AvgIpc) is 2.87. The first-order chi connectivity index (χ1) is 16.6. The molecule has 4 aromatic rings. The first-order valence-corrected chi connectivity index (χ1v) is 11.4. The van der Waals surface area contributed by atoms with Crippen molar-refractivity contribution >= 4 is 34.6 Å². The number of hydrogen-bond acceptors (Lipinski definition) is 3. The molecule has 2 N–H and O–H groups in total. The number of amides is 1. The van der Waals surface area contributed by atoms with Gasteiger partial charge in [-0.25, -0.2) is 0 Å². The molecule has 0 bridgehead atoms.